The Hall–Kier alpha value is -0.380. The molecule has 2 rings (SSSR count). The van der Waals surface area contributed by atoms with E-state index in [0.717, 1.165) is 10.0 Å². The fraction of sp³-hybridized carbons (Fsp3) is 0.600. The van der Waals surface area contributed by atoms with E-state index < -0.39 is 0 Å². The lowest BCUT2D eigenvalue weighted by Gasteiger charge is -2.24. The quantitative estimate of drug-likeness (QED) is 0.926. The summed E-state index contributed by atoms with van der Waals surface area (Å²) in [6.45, 7) is 6.32. The van der Waals surface area contributed by atoms with Gasteiger partial charge in [0, 0.05) is 10.4 Å². The van der Waals surface area contributed by atoms with Crippen molar-refractivity contribution in [1.82, 2.24) is 0 Å². The molecule has 0 bridgehead atoms. The van der Waals surface area contributed by atoms with Crippen molar-refractivity contribution in [3.8, 4) is 0 Å². The fourth-order valence-electron chi connectivity index (χ4n) is 3.00. The van der Waals surface area contributed by atoms with Crippen molar-refractivity contribution < 1.29 is 9.84 Å². The predicted molar refractivity (Wildman–Crippen MR) is 76.5 cm³/mol. The number of benzene rings is 1. The zero-order valence-electron chi connectivity index (χ0n) is 11.1. The van der Waals surface area contributed by atoms with E-state index in [1.807, 2.05) is 12.1 Å². The molecule has 0 spiro atoms. The second kappa shape index (κ2) is 5.72. The van der Waals surface area contributed by atoms with Gasteiger partial charge in [-0.15, -0.1) is 0 Å². The molecule has 0 saturated carbocycles. The van der Waals surface area contributed by atoms with Crippen LogP contribution in [0.4, 0.5) is 0 Å². The molecule has 1 saturated heterocycles. The van der Waals surface area contributed by atoms with E-state index in [1.54, 1.807) is 0 Å². The third kappa shape index (κ3) is 2.95. The second-order valence-electron chi connectivity index (χ2n) is 5.38. The largest absolute Gasteiger partial charge is 0.392 e. The van der Waals surface area contributed by atoms with Gasteiger partial charge in [0.05, 0.1) is 18.3 Å². The summed E-state index contributed by atoms with van der Waals surface area (Å²) in [6.07, 6.45) is 0.725. The van der Waals surface area contributed by atoms with Crippen LogP contribution in [0.3, 0.4) is 0 Å². The normalized spacial score (nSPS) is 33.6. The molecule has 5 unspecified atom stereocenters. The summed E-state index contributed by atoms with van der Waals surface area (Å²) in [7, 11) is 0. The Balaban J connectivity index is 2.06. The standard InChI is InChI=1S/C15H21BrO2/c1-9-10(2)18-11(3)15(9)14(17)8-12-5-4-6-13(16)7-12/h4-7,9-11,14-15,17H,8H2,1-3H3. The molecule has 1 aromatic carbocycles. The minimum atomic E-state index is -0.339. The lowest BCUT2D eigenvalue weighted by Crippen LogP contribution is -2.32. The highest BCUT2D eigenvalue weighted by molar-refractivity contribution is 9.10. The Labute approximate surface area is 117 Å². The van der Waals surface area contributed by atoms with E-state index in [0.29, 0.717) is 12.3 Å². The summed E-state index contributed by atoms with van der Waals surface area (Å²) in [5, 5.41) is 10.5. The number of rotatable bonds is 3. The number of aliphatic hydroxyl groups excluding tert-OH is 1. The maximum Gasteiger partial charge on any atom is 0.0636 e. The number of halogens is 1. The Morgan fingerprint density at radius 2 is 2.00 bits per heavy atom. The van der Waals surface area contributed by atoms with Gasteiger partial charge in [0.1, 0.15) is 0 Å². The zero-order valence-corrected chi connectivity index (χ0v) is 12.7. The summed E-state index contributed by atoms with van der Waals surface area (Å²) in [4.78, 5) is 0. The van der Waals surface area contributed by atoms with Crippen molar-refractivity contribution in [1.29, 1.82) is 0 Å². The van der Waals surface area contributed by atoms with Crippen molar-refractivity contribution in [2.45, 2.75) is 45.5 Å². The lowest BCUT2D eigenvalue weighted by atomic mass is 9.83. The van der Waals surface area contributed by atoms with Crippen molar-refractivity contribution in [2.75, 3.05) is 0 Å². The molecule has 0 radical (unpaired) electrons. The van der Waals surface area contributed by atoms with Crippen LogP contribution in [-0.4, -0.2) is 23.4 Å². The summed E-state index contributed by atoms with van der Waals surface area (Å²) < 4.78 is 6.86. The third-order valence-corrected chi connectivity index (χ3v) is 4.59. The molecule has 1 heterocycles. The summed E-state index contributed by atoms with van der Waals surface area (Å²) >= 11 is 3.46. The number of hydrogen-bond donors (Lipinski definition) is 1. The van der Waals surface area contributed by atoms with E-state index >= 15 is 0 Å². The molecule has 0 aliphatic carbocycles. The van der Waals surface area contributed by atoms with Gasteiger partial charge >= 0.3 is 0 Å². The Morgan fingerprint density at radius 1 is 1.28 bits per heavy atom. The maximum absolute atomic E-state index is 10.5. The zero-order chi connectivity index (χ0) is 13.3. The minimum absolute atomic E-state index is 0.136. The van der Waals surface area contributed by atoms with Crippen molar-refractivity contribution in [3.63, 3.8) is 0 Å². The SMILES string of the molecule is CC1OC(C)C(C(O)Cc2cccc(Br)c2)C1C. The first kappa shape index (κ1) is 14.0. The highest BCUT2D eigenvalue weighted by Gasteiger charge is 2.40. The van der Waals surface area contributed by atoms with E-state index in [9.17, 15) is 5.11 Å². The minimum Gasteiger partial charge on any atom is -0.392 e. The van der Waals surface area contributed by atoms with E-state index in [1.165, 1.54) is 0 Å². The number of ether oxygens (including phenoxy) is 1. The molecule has 5 atom stereocenters. The topological polar surface area (TPSA) is 29.5 Å². The second-order valence-corrected chi connectivity index (χ2v) is 6.30. The Bertz CT molecular complexity index is 407. The first-order valence-electron chi connectivity index (χ1n) is 6.57. The molecule has 0 amide bonds. The molecule has 18 heavy (non-hydrogen) atoms. The molecular weight excluding hydrogens is 292 g/mol. The average Bonchev–Trinajstić information content (AvgIpc) is 2.53. The van der Waals surface area contributed by atoms with Crippen molar-refractivity contribution in [3.05, 3.63) is 34.3 Å². The molecule has 1 aliphatic rings. The highest BCUT2D eigenvalue weighted by Crippen LogP contribution is 2.35. The van der Waals surface area contributed by atoms with Crippen LogP contribution in [0, 0.1) is 11.8 Å². The monoisotopic (exact) mass is 312 g/mol. The first-order valence-corrected chi connectivity index (χ1v) is 7.36. The van der Waals surface area contributed by atoms with Crippen LogP contribution in [0.5, 0.6) is 0 Å². The van der Waals surface area contributed by atoms with E-state index in [-0.39, 0.29) is 24.2 Å². The van der Waals surface area contributed by atoms with E-state index in [2.05, 4.69) is 48.8 Å². The highest BCUT2D eigenvalue weighted by atomic mass is 79.9. The number of aliphatic hydroxyl groups is 1. The predicted octanol–water partition coefficient (Wildman–Crippen LogP) is 3.41. The summed E-state index contributed by atoms with van der Waals surface area (Å²) in [5.74, 6) is 0.626. The van der Waals surface area contributed by atoms with Crippen LogP contribution in [-0.2, 0) is 11.2 Å². The Morgan fingerprint density at radius 3 is 2.56 bits per heavy atom. The molecule has 3 heteroatoms. The third-order valence-electron chi connectivity index (χ3n) is 4.10. The van der Waals surface area contributed by atoms with Crippen molar-refractivity contribution >= 4 is 15.9 Å². The van der Waals surface area contributed by atoms with Gasteiger partial charge in [0.15, 0.2) is 0 Å². The van der Waals surface area contributed by atoms with Gasteiger partial charge in [-0.25, -0.2) is 0 Å². The molecule has 1 aliphatic heterocycles. The molecule has 0 aromatic heterocycles. The Kier molecular flexibility index (Phi) is 4.46. The van der Waals surface area contributed by atoms with Gasteiger partial charge in [-0.1, -0.05) is 35.0 Å². The summed E-state index contributed by atoms with van der Waals surface area (Å²) in [6, 6.07) is 8.13. The molecule has 100 valence electrons. The van der Waals surface area contributed by atoms with Crippen LogP contribution < -0.4 is 0 Å². The van der Waals surface area contributed by atoms with Gasteiger partial charge in [-0.3, -0.25) is 0 Å². The van der Waals surface area contributed by atoms with Crippen LogP contribution in [0.2, 0.25) is 0 Å². The van der Waals surface area contributed by atoms with Gasteiger partial charge in [-0.2, -0.15) is 0 Å². The number of hydrogen-bond acceptors (Lipinski definition) is 2. The van der Waals surface area contributed by atoms with Gasteiger partial charge in [0.2, 0.25) is 0 Å². The van der Waals surface area contributed by atoms with Crippen LogP contribution >= 0.6 is 15.9 Å². The van der Waals surface area contributed by atoms with Crippen LogP contribution in [0.25, 0.3) is 0 Å². The molecule has 1 fully saturated rings. The lowest BCUT2D eigenvalue weighted by molar-refractivity contribution is 0.0240. The van der Waals surface area contributed by atoms with E-state index in [4.69, 9.17) is 4.74 Å². The molecule has 2 nitrogen and oxygen atoms in total. The first-order chi connectivity index (χ1) is 8.49. The van der Waals surface area contributed by atoms with Crippen LogP contribution in [0.15, 0.2) is 28.7 Å². The smallest absolute Gasteiger partial charge is 0.0636 e. The maximum atomic E-state index is 10.5. The summed E-state index contributed by atoms with van der Waals surface area (Å²) in [5.41, 5.74) is 1.16. The van der Waals surface area contributed by atoms with Gasteiger partial charge in [-0.05, 0) is 43.9 Å². The van der Waals surface area contributed by atoms with Gasteiger partial charge in [0.25, 0.3) is 0 Å². The molecule has 1 aromatic rings. The average molecular weight is 313 g/mol. The van der Waals surface area contributed by atoms with Crippen molar-refractivity contribution in [2.24, 2.45) is 11.8 Å². The fourth-order valence-corrected chi connectivity index (χ4v) is 3.45. The van der Waals surface area contributed by atoms with Gasteiger partial charge < -0.3 is 9.84 Å². The van der Waals surface area contributed by atoms with Crippen LogP contribution in [0.1, 0.15) is 26.3 Å². The molecular formula is C15H21BrO2. The molecule has 1 N–H and O–H groups in total.